The van der Waals surface area contributed by atoms with Crippen molar-refractivity contribution < 1.29 is 13.2 Å². The number of hydrogen-bond acceptors (Lipinski definition) is 3. The highest BCUT2D eigenvalue weighted by Gasteiger charge is 2.13. The van der Waals surface area contributed by atoms with Gasteiger partial charge in [-0.15, -0.1) is 0 Å². The quantitative estimate of drug-likeness (QED) is 0.676. The number of aryl methyl sites for hydroxylation is 1. The summed E-state index contributed by atoms with van der Waals surface area (Å²) in [5.41, 5.74) is 3.06. The molecule has 8 heteroatoms. The lowest BCUT2D eigenvalue weighted by Crippen LogP contribution is -2.13. The fraction of sp³-hybridized carbons (Fsp3) is 0.105. The van der Waals surface area contributed by atoms with Gasteiger partial charge in [0.05, 0.1) is 17.5 Å². The van der Waals surface area contributed by atoms with E-state index in [0.717, 1.165) is 17.5 Å². The number of halogens is 1. The van der Waals surface area contributed by atoms with Crippen molar-refractivity contribution >= 4 is 38.9 Å². The molecule has 0 aliphatic carbocycles. The SMILES string of the molecule is Cn1cc(C(=O)Nc2cc(Cl)cc(NS(C)(=O)=O)c2)cc1-c1ccccc1. The number of carbonyl (C=O) groups excluding carboxylic acids is 1. The van der Waals surface area contributed by atoms with E-state index in [9.17, 15) is 13.2 Å². The van der Waals surface area contributed by atoms with Gasteiger partial charge < -0.3 is 9.88 Å². The molecule has 0 bridgehead atoms. The summed E-state index contributed by atoms with van der Waals surface area (Å²) >= 11 is 6.03. The third-order valence-electron chi connectivity index (χ3n) is 3.80. The molecule has 2 N–H and O–H groups in total. The lowest BCUT2D eigenvalue weighted by atomic mass is 10.1. The lowest BCUT2D eigenvalue weighted by Gasteiger charge is -2.09. The van der Waals surface area contributed by atoms with E-state index >= 15 is 0 Å². The van der Waals surface area contributed by atoms with Crippen LogP contribution in [0.15, 0.2) is 60.8 Å². The maximum Gasteiger partial charge on any atom is 0.257 e. The van der Waals surface area contributed by atoms with E-state index < -0.39 is 10.0 Å². The van der Waals surface area contributed by atoms with E-state index in [1.54, 1.807) is 18.3 Å². The van der Waals surface area contributed by atoms with Gasteiger partial charge in [0.1, 0.15) is 0 Å². The molecule has 2 aromatic carbocycles. The third kappa shape index (κ3) is 4.90. The molecule has 1 heterocycles. The molecule has 0 spiro atoms. The number of hydrogen-bond donors (Lipinski definition) is 2. The van der Waals surface area contributed by atoms with E-state index in [-0.39, 0.29) is 11.6 Å². The first-order valence-corrected chi connectivity index (χ1v) is 10.3. The summed E-state index contributed by atoms with van der Waals surface area (Å²) in [6, 6.07) is 16.1. The fourth-order valence-corrected chi connectivity index (χ4v) is 3.50. The summed E-state index contributed by atoms with van der Waals surface area (Å²) in [4.78, 5) is 12.6. The predicted molar refractivity (Wildman–Crippen MR) is 109 cm³/mol. The van der Waals surface area contributed by atoms with Crippen LogP contribution >= 0.6 is 11.6 Å². The molecule has 3 aromatic rings. The summed E-state index contributed by atoms with van der Waals surface area (Å²) < 4.78 is 27.0. The Morgan fingerprint density at radius 2 is 1.70 bits per heavy atom. The topological polar surface area (TPSA) is 80.2 Å². The maximum atomic E-state index is 12.6. The van der Waals surface area contributed by atoms with Crippen LogP contribution < -0.4 is 10.0 Å². The normalized spacial score (nSPS) is 11.2. The minimum atomic E-state index is -3.45. The van der Waals surface area contributed by atoms with Gasteiger partial charge in [0.25, 0.3) is 5.91 Å². The van der Waals surface area contributed by atoms with Crippen LogP contribution in [0.4, 0.5) is 11.4 Å². The summed E-state index contributed by atoms with van der Waals surface area (Å²) in [5, 5.41) is 3.05. The summed E-state index contributed by atoms with van der Waals surface area (Å²) in [6.45, 7) is 0. The van der Waals surface area contributed by atoms with Crippen molar-refractivity contribution in [2.75, 3.05) is 16.3 Å². The number of carbonyl (C=O) groups is 1. The number of anilines is 2. The van der Waals surface area contributed by atoms with E-state index in [0.29, 0.717) is 16.3 Å². The zero-order valence-corrected chi connectivity index (χ0v) is 16.3. The highest BCUT2D eigenvalue weighted by Crippen LogP contribution is 2.25. The highest BCUT2D eigenvalue weighted by atomic mass is 35.5. The molecular weight excluding hydrogens is 386 g/mol. The van der Waals surface area contributed by atoms with Crippen molar-refractivity contribution in [3.05, 3.63) is 71.4 Å². The molecule has 0 atom stereocenters. The summed E-state index contributed by atoms with van der Waals surface area (Å²) in [7, 11) is -1.58. The van der Waals surface area contributed by atoms with Gasteiger partial charge in [0, 0.05) is 29.6 Å². The molecule has 0 saturated heterocycles. The molecule has 0 aliphatic rings. The number of benzene rings is 2. The van der Waals surface area contributed by atoms with Gasteiger partial charge in [-0.1, -0.05) is 41.9 Å². The van der Waals surface area contributed by atoms with Crippen molar-refractivity contribution in [3.8, 4) is 11.3 Å². The smallest absolute Gasteiger partial charge is 0.257 e. The van der Waals surface area contributed by atoms with Crippen molar-refractivity contribution in [1.29, 1.82) is 0 Å². The molecule has 0 unspecified atom stereocenters. The van der Waals surface area contributed by atoms with Gasteiger partial charge in [0.2, 0.25) is 10.0 Å². The molecular formula is C19H18ClN3O3S. The number of aromatic nitrogens is 1. The van der Waals surface area contributed by atoms with Gasteiger partial charge in [-0.3, -0.25) is 9.52 Å². The number of nitrogens with zero attached hydrogens (tertiary/aromatic N) is 1. The Kier molecular flexibility index (Phi) is 5.25. The highest BCUT2D eigenvalue weighted by molar-refractivity contribution is 7.92. The van der Waals surface area contributed by atoms with Crippen LogP contribution in [0.1, 0.15) is 10.4 Å². The number of amides is 1. The molecule has 0 radical (unpaired) electrons. The van der Waals surface area contributed by atoms with Crippen LogP contribution in [0.3, 0.4) is 0 Å². The first-order valence-electron chi connectivity index (χ1n) is 8.03. The standard InChI is InChI=1S/C19H18ClN3O3S/c1-23-12-14(8-18(23)13-6-4-3-5-7-13)19(24)21-16-9-15(20)10-17(11-16)22-27(2,25)26/h3-12,22H,1-2H3,(H,21,24). The third-order valence-corrected chi connectivity index (χ3v) is 4.62. The Bertz CT molecular complexity index is 1090. The Hall–Kier alpha value is -2.77. The first-order chi connectivity index (χ1) is 12.7. The second-order valence-electron chi connectivity index (χ2n) is 6.15. The van der Waals surface area contributed by atoms with E-state index in [2.05, 4.69) is 10.0 Å². The van der Waals surface area contributed by atoms with Gasteiger partial charge >= 0.3 is 0 Å². The van der Waals surface area contributed by atoms with Crippen molar-refractivity contribution in [3.63, 3.8) is 0 Å². The largest absolute Gasteiger partial charge is 0.350 e. The van der Waals surface area contributed by atoms with Gasteiger partial charge in [-0.05, 0) is 29.8 Å². The average Bonchev–Trinajstić information content (AvgIpc) is 2.95. The van der Waals surface area contributed by atoms with Crippen molar-refractivity contribution in [2.45, 2.75) is 0 Å². The lowest BCUT2D eigenvalue weighted by molar-refractivity contribution is 0.102. The first kappa shape index (κ1) is 19.0. The number of sulfonamides is 1. The second-order valence-corrected chi connectivity index (χ2v) is 8.33. The van der Waals surface area contributed by atoms with Crippen LogP contribution in [-0.2, 0) is 17.1 Å². The minimum Gasteiger partial charge on any atom is -0.350 e. The molecule has 0 fully saturated rings. The van der Waals surface area contributed by atoms with Crippen LogP contribution in [0.5, 0.6) is 0 Å². The van der Waals surface area contributed by atoms with E-state index in [1.165, 1.54) is 12.1 Å². The summed E-state index contributed by atoms with van der Waals surface area (Å²) in [6.07, 6.45) is 2.78. The van der Waals surface area contributed by atoms with Crippen LogP contribution in [0.25, 0.3) is 11.3 Å². The number of nitrogens with one attached hydrogen (secondary N) is 2. The Morgan fingerprint density at radius 1 is 1.04 bits per heavy atom. The molecule has 1 aromatic heterocycles. The van der Waals surface area contributed by atoms with Gasteiger partial charge in [-0.25, -0.2) is 8.42 Å². The molecule has 140 valence electrons. The molecule has 3 rings (SSSR count). The molecule has 0 aliphatic heterocycles. The van der Waals surface area contributed by atoms with E-state index in [4.69, 9.17) is 11.6 Å². The van der Waals surface area contributed by atoms with Crippen molar-refractivity contribution in [1.82, 2.24) is 4.57 Å². The monoisotopic (exact) mass is 403 g/mol. The average molecular weight is 404 g/mol. The second kappa shape index (κ2) is 7.46. The molecule has 0 saturated carbocycles. The molecule has 6 nitrogen and oxygen atoms in total. The zero-order chi connectivity index (χ0) is 19.6. The Morgan fingerprint density at radius 3 is 2.37 bits per heavy atom. The maximum absolute atomic E-state index is 12.6. The summed E-state index contributed by atoms with van der Waals surface area (Å²) in [5.74, 6) is -0.319. The van der Waals surface area contributed by atoms with Gasteiger partial charge in [-0.2, -0.15) is 0 Å². The molecule has 1 amide bonds. The van der Waals surface area contributed by atoms with Crippen molar-refractivity contribution in [2.24, 2.45) is 7.05 Å². The molecule has 27 heavy (non-hydrogen) atoms. The number of rotatable bonds is 5. The minimum absolute atomic E-state index is 0.276. The fourth-order valence-electron chi connectivity index (χ4n) is 2.72. The van der Waals surface area contributed by atoms with Crippen LogP contribution in [0.2, 0.25) is 5.02 Å². The van der Waals surface area contributed by atoms with Gasteiger partial charge in [0.15, 0.2) is 0 Å². The zero-order valence-electron chi connectivity index (χ0n) is 14.7. The Labute approximate surface area is 162 Å². The Balaban J connectivity index is 1.84. The van der Waals surface area contributed by atoms with Crippen LogP contribution in [-0.4, -0.2) is 25.1 Å². The van der Waals surface area contributed by atoms with Crippen LogP contribution in [0, 0.1) is 0 Å². The predicted octanol–water partition coefficient (Wildman–Crippen LogP) is 3.97. The van der Waals surface area contributed by atoms with E-state index in [1.807, 2.05) is 41.9 Å².